The van der Waals surface area contributed by atoms with Crippen molar-refractivity contribution in [3.05, 3.63) is 28.3 Å². The Hall–Kier alpha value is -1.02. The van der Waals surface area contributed by atoms with Gasteiger partial charge in [-0.15, -0.1) is 0 Å². The summed E-state index contributed by atoms with van der Waals surface area (Å²) in [4.78, 5) is 11.0. The van der Waals surface area contributed by atoms with Gasteiger partial charge in [0.15, 0.2) is 5.78 Å². The maximum Gasteiger partial charge on any atom is 0.159 e. The molecule has 0 atom stereocenters. The number of nitrogen functional groups attached to an aromatic ring is 1. The lowest BCUT2D eigenvalue weighted by Crippen LogP contribution is -1.97. The van der Waals surface area contributed by atoms with Gasteiger partial charge in [-0.05, 0) is 31.5 Å². The maximum atomic E-state index is 11.0. The van der Waals surface area contributed by atoms with E-state index < -0.39 is 0 Å². The number of benzene rings is 1. The molecule has 0 unspecified atom stereocenters. The van der Waals surface area contributed by atoms with Crippen LogP contribution in [-0.4, -0.2) is 5.78 Å². The second-order valence-electron chi connectivity index (χ2n) is 2.75. The number of rotatable bonds is 1. The molecule has 0 bridgehead atoms. The average molecular weight is 184 g/mol. The number of hydrogen-bond acceptors (Lipinski definition) is 2. The van der Waals surface area contributed by atoms with Crippen molar-refractivity contribution in [3.63, 3.8) is 0 Å². The topological polar surface area (TPSA) is 43.1 Å². The van der Waals surface area contributed by atoms with Crippen LogP contribution in [0.2, 0.25) is 5.02 Å². The van der Waals surface area contributed by atoms with Gasteiger partial charge in [-0.2, -0.15) is 0 Å². The predicted molar refractivity (Wildman–Crippen MR) is 50.6 cm³/mol. The summed E-state index contributed by atoms with van der Waals surface area (Å²) in [7, 11) is 0. The Morgan fingerprint density at radius 1 is 1.50 bits per heavy atom. The van der Waals surface area contributed by atoms with Crippen LogP contribution in [-0.2, 0) is 0 Å². The molecule has 0 radical (unpaired) electrons. The number of anilines is 1. The molecule has 12 heavy (non-hydrogen) atoms. The number of aryl methyl sites for hydroxylation is 1. The number of carbonyl (C=O) groups is 1. The van der Waals surface area contributed by atoms with E-state index in [1.165, 1.54) is 6.92 Å². The Labute approximate surface area is 76.3 Å². The van der Waals surface area contributed by atoms with Crippen molar-refractivity contribution in [1.82, 2.24) is 0 Å². The van der Waals surface area contributed by atoms with E-state index in [1.807, 2.05) is 6.92 Å². The van der Waals surface area contributed by atoms with E-state index >= 15 is 0 Å². The zero-order valence-electron chi connectivity index (χ0n) is 7.02. The molecular formula is C9H10ClNO. The molecule has 0 fully saturated rings. The Balaban J connectivity index is 3.31. The first-order valence-electron chi connectivity index (χ1n) is 3.59. The Morgan fingerprint density at radius 3 is 2.50 bits per heavy atom. The lowest BCUT2D eigenvalue weighted by Gasteiger charge is -2.04. The van der Waals surface area contributed by atoms with Crippen LogP contribution in [0.5, 0.6) is 0 Å². The molecule has 0 aliphatic heterocycles. The molecule has 0 heterocycles. The quantitative estimate of drug-likeness (QED) is 0.537. The Bertz CT molecular complexity index is 310. The summed E-state index contributed by atoms with van der Waals surface area (Å²) in [5.74, 6) is 0.00136. The van der Waals surface area contributed by atoms with Gasteiger partial charge >= 0.3 is 0 Å². The van der Waals surface area contributed by atoms with Crippen molar-refractivity contribution < 1.29 is 4.79 Å². The molecule has 0 saturated heterocycles. The molecule has 0 aliphatic rings. The molecule has 3 heteroatoms. The lowest BCUT2D eigenvalue weighted by molar-refractivity contribution is 0.101. The molecule has 2 N–H and O–H groups in total. The lowest BCUT2D eigenvalue weighted by atomic mass is 10.1. The number of nitrogens with two attached hydrogens (primary N) is 1. The third-order valence-corrected chi connectivity index (χ3v) is 2.21. The van der Waals surface area contributed by atoms with Crippen LogP contribution in [0.4, 0.5) is 5.69 Å². The second-order valence-corrected chi connectivity index (χ2v) is 3.13. The van der Waals surface area contributed by atoms with Crippen LogP contribution in [0, 0.1) is 6.92 Å². The number of Topliss-reactive ketones (excluding diaryl/α,β-unsaturated/α-hetero) is 1. The summed E-state index contributed by atoms with van der Waals surface area (Å²) >= 11 is 5.82. The van der Waals surface area contributed by atoms with Gasteiger partial charge in [0.25, 0.3) is 0 Å². The van der Waals surface area contributed by atoms with Crippen LogP contribution in [0.3, 0.4) is 0 Å². The molecule has 1 aromatic carbocycles. The van der Waals surface area contributed by atoms with Crippen molar-refractivity contribution in [2.45, 2.75) is 13.8 Å². The molecule has 1 rings (SSSR count). The van der Waals surface area contributed by atoms with Gasteiger partial charge < -0.3 is 5.73 Å². The fourth-order valence-corrected chi connectivity index (χ4v) is 1.11. The highest BCUT2D eigenvalue weighted by molar-refractivity contribution is 6.34. The van der Waals surface area contributed by atoms with E-state index in [0.717, 1.165) is 5.56 Å². The fourth-order valence-electron chi connectivity index (χ4n) is 1.00. The number of halogens is 1. The number of ketones is 1. The normalized spacial score (nSPS) is 9.92. The zero-order chi connectivity index (χ0) is 9.30. The van der Waals surface area contributed by atoms with E-state index in [9.17, 15) is 4.79 Å². The molecule has 0 saturated carbocycles. The van der Waals surface area contributed by atoms with Crippen LogP contribution in [0.15, 0.2) is 12.1 Å². The fraction of sp³-hybridized carbons (Fsp3) is 0.222. The summed E-state index contributed by atoms with van der Waals surface area (Å²) in [5.41, 5.74) is 7.48. The van der Waals surface area contributed by atoms with E-state index in [4.69, 9.17) is 17.3 Å². The van der Waals surface area contributed by atoms with Gasteiger partial charge in [0.05, 0.1) is 10.7 Å². The Kier molecular flexibility index (Phi) is 2.38. The highest BCUT2D eigenvalue weighted by Gasteiger charge is 2.05. The zero-order valence-corrected chi connectivity index (χ0v) is 7.77. The molecule has 0 amide bonds. The number of carbonyl (C=O) groups excluding carboxylic acids is 1. The van der Waals surface area contributed by atoms with Crippen molar-refractivity contribution >= 4 is 23.1 Å². The standard InChI is InChI=1S/C9H10ClNO/c1-5-3-7(6(2)12)4-8(11)9(5)10/h3-4H,11H2,1-2H3. The van der Waals surface area contributed by atoms with Crippen LogP contribution >= 0.6 is 11.6 Å². The smallest absolute Gasteiger partial charge is 0.159 e. The van der Waals surface area contributed by atoms with E-state index in [0.29, 0.717) is 16.3 Å². The first-order chi connectivity index (χ1) is 5.52. The third kappa shape index (κ3) is 1.59. The molecular weight excluding hydrogens is 174 g/mol. The molecule has 0 aromatic heterocycles. The molecule has 0 aliphatic carbocycles. The van der Waals surface area contributed by atoms with Gasteiger partial charge in [-0.1, -0.05) is 11.6 Å². The second kappa shape index (κ2) is 3.15. The van der Waals surface area contributed by atoms with E-state index in [-0.39, 0.29) is 5.78 Å². The van der Waals surface area contributed by atoms with E-state index in [2.05, 4.69) is 0 Å². The first kappa shape index (κ1) is 9.07. The minimum atomic E-state index is 0.00136. The molecule has 2 nitrogen and oxygen atoms in total. The Morgan fingerprint density at radius 2 is 2.08 bits per heavy atom. The van der Waals surface area contributed by atoms with Crippen molar-refractivity contribution in [3.8, 4) is 0 Å². The summed E-state index contributed by atoms with van der Waals surface area (Å²) in [6.45, 7) is 3.33. The number of hydrogen-bond donors (Lipinski definition) is 1. The van der Waals surface area contributed by atoms with Gasteiger partial charge in [-0.25, -0.2) is 0 Å². The molecule has 1 aromatic rings. The van der Waals surface area contributed by atoms with Crippen molar-refractivity contribution in [2.24, 2.45) is 0 Å². The highest BCUT2D eigenvalue weighted by Crippen LogP contribution is 2.24. The van der Waals surface area contributed by atoms with Gasteiger partial charge in [0, 0.05) is 5.56 Å². The summed E-state index contributed by atoms with van der Waals surface area (Å²) < 4.78 is 0. The van der Waals surface area contributed by atoms with Gasteiger partial charge in [0.2, 0.25) is 0 Å². The minimum Gasteiger partial charge on any atom is -0.397 e. The average Bonchev–Trinajstić information content (AvgIpc) is 1.99. The third-order valence-electron chi connectivity index (χ3n) is 1.69. The summed E-state index contributed by atoms with van der Waals surface area (Å²) in [6, 6.07) is 3.33. The van der Waals surface area contributed by atoms with Crippen LogP contribution in [0.25, 0.3) is 0 Å². The largest absolute Gasteiger partial charge is 0.397 e. The van der Waals surface area contributed by atoms with Crippen molar-refractivity contribution in [1.29, 1.82) is 0 Å². The van der Waals surface area contributed by atoms with E-state index in [1.54, 1.807) is 12.1 Å². The maximum absolute atomic E-state index is 11.0. The monoisotopic (exact) mass is 183 g/mol. The molecule has 64 valence electrons. The molecule has 0 spiro atoms. The summed E-state index contributed by atoms with van der Waals surface area (Å²) in [5, 5.41) is 0.528. The predicted octanol–water partition coefficient (Wildman–Crippen LogP) is 2.43. The van der Waals surface area contributed by atoms with Crippen LogP contribution < -0.4 is 5.73 Å². The minimum absolute atomic E-state index is 0.00136. The first-order valence-corrected chi connectivity index (χ1v) is 3.96. The van der Waals surface area contributed by atoms with Crippen molar-refractivity contribution in [2.75, 3.05) is 5.73 Å². The highest BCUT2D eigenvalue weighted by atomic mass is 35.5. The van der Waals surface area contributed by atoms with Gasteiger partial charge in [0.1, 0.15) is 0 Å². The summed E-state index contributed by atoms with van der Waals surface area (Å²) in [6.07, 6.45) is 0. The van der Waals surface area contributed by atoms with Gasteiger partial charge in [-0.3, -0.25) is 4.79 Å². The van der Waals surface area contributed by atoms with Crippen LogP contribution in [0.1, 0.15) is 22.8 Å². The SMILES string of the molecule is CC(=O)c1cc(C)c(Cl)c(N)c1.